The molecular weight excluding hydrogens is 250 g/mol. The number of aromatic nitrogens is 3. The maximum Gasteiger partial charge on any atom is 0.161 e. The van der Waals surface area contributed by atoms with Crippen LogP contribution in [0.3, 0.4) is 0 Å². The highest BCUT2D eigenvalue weighted by Crippen LogP contribution is 2.19. The van der Waals surface area contributed by atoms with Gasteiger partial charge in [-0.05, 0) is 38.4 Å². The van der Waals surface area contributed by atoms with Crippen molar-refractivity contribution in [1.29, 1.82) is 0 Å². The van der Waals surface area contributed by atoms with E-state index in [9.17, 15) is 0 Å². The smallest absolute Gasteiger partial charge is 0.161 e. The topological polar surface area (TPSA) is 54.8 Å². The van der Waals surface area contributed by atoms with Crippen LogP contribution in [-0.2, 0) is 0 Å². The SMILES string of the molecule is Cc1nccn1-c1ncccc1NCC1CCCCN1. The Balaban J connectivity index is 1.74. The van der Waals surface area contributed by atoms with Gasteiger partial charge in [-0.2, -0.15) is 0 Å². The molecule has 2 aromatic heterocycles. The molecule has 106 valence electrons. The first-order chi connectivity index (χ1) is 9.84. The molecule has 0 amide bonds. The summed E-state index contributed by atoms with van der Waals surface area (Å²) in [6, 6.07) is 4.59. The van der Waals surface area contributed by atoms with Crippen molar-refractivity contribution in [2.45, 2.75) is 32.2 Å². The molecule has 0 bridgehead atoms. The fourth-order valence-electron chi connectivity index (χ4n) is 2.66. The van der Waals surface area contributed by atoms with E-state index in [1.807, 2.05) is 30.0 Å². The van der Waals surface area contributed by atoms with Crippen molar-refractivity contribution < 1.29 is 0 Å². The Morgan fingerprint density at radius 3 is 3.05 bits per heavy atom. The Kier molecular flexibility index (Phi) is 3.97. The number of piperidine rings is 1. The Morgan fingerprint density at radius 2 is 2.30 bits per heavy atom. The Labute approximate surface area is 119 Å². The van der Waals surface area contributed by atoms with Crippen molar-refractivity contribution >= 4 is 5.69 Å². The molecule has 1 aliphatic heterocycles. The highest BCUT2D eigenvalue weighted by molar-refractivity contribution is 5.57. The summed E-state index contributed by atoms with van der Waals surface area (Å²) in [5, 5.41) is 7.08. The first-order valence-electron chi connectivity index (χ1n) is 7.27. The first kappa shape index (κ1) is 13.1. The van der Waals surface area contributed by atoms with Crippen LogP contribution in [0.2, 0.25) is 0 Å². The van der Waals surface area contributed by atoms with Gasteiger partial charge in [-0.1, -0.05) is 6.42 Å². The van der Waals surface area contributed by atoms with Crippen LogP contribution in [0.25, 0.3) is 5.82 Å². The minimum atomic E-state index is 0.556. The van der Waals surface area contributed by atoms with E-state index >= 15 is 0 Å². The summed E-state index contributed by atoms with van der Waals surface area (Å²) in [7, 11) is 0. The average Bonchev–Trinajstić information content (AvgIpc) is 2.92. The van der Waals surface area contributed by atoms with Crippen LogP contribution in [0.5, 0.6) is 0 Å². The second-order valence-electron chi connectivity index (χ2n) is 5.25. The molecule has 0 spiro atoms. The van der Waals surface area contributed by atoms with E-state index < -0.39 is 0 Å². The van der Waals surface area contributed by atoms with E-state index in [2.05, 4.69) is 26.7 Å². The summed E-state index contributed by atoms with van der Waals surface area (Å²) in [6.45, 7) is 4.06. The molecule has 0 aromatic carbocycles. The van der Waals surface area contributed by atoms with Gasteiger partial charge in [0, 0.05) is 31.2 Å². The van der Waals surface area contributed by atoms with Gasteiger partial charge >= 0.3 is 0 Å². The third kappa shape index (κ3) is 2.82. The fourth-order valence-corrected chi connectivity index (χ4v) is 2.66. The molecule has 3 heterocycles. The lowest BCUT2D eigenvalue weighted by Crippen LogP contribution is -2.39. The van der Waals surface area contributed by atoms with Crippen molar-refractivity contribution in [3.05, 3.63) is 36.5 Å². The summed E-state index contributed by atoms with van der Waals surface area (Å²) < 4.78 is 2.01. The van der Waals surface area contributed by atoms with Gasteiger partial charge in [0.1, 0.15) is 5.82 Å². The number of nitrogens with one attached hydrogen (secondary N) is 2. The van der Waals surface area contributed by atoms with Gasteiger partial charge in [0.15, 0.2) is 5.82 Å². The predicted octanol–water partition coefficient (Wildman–Crippen LogP) is 2.13. The first-order valence-corrected chi connectivity index (χ1v) is 7.27. The molecular formula is C15H21N5. The second-order valence-corrected chi connectivity index (χ2v) is 5.25. The Hall–Kier alpha value is -1.88. The molecule has 2 aromatic rings. The van der Waals surface area contributed by atoms with Gasteiger partial charge in [-0.15, -0.1) is 0 Å². The van der Waals surface area contributed by atoms with E-state index in [1.54, 1.807) is 6.20 Å². The highest BCUT2D eigenvalue weighted by atomic mass is 15.1. The zero-order valence-electron chi connectivity index (χ0n) is 11.8. The van der Waals surface area contributed by atoms with E-state index in [1.165, 1.54) is 19.3 Å². The number of aryl methyl sites for hydroxylation is 1. The summed E-state index contributed by atoms with van der Waals surface area (Å²) in [6.07, 6.45) is 9.42. The number of hydrogen-bond acceptors (Lipinski definition) is 4. The molecule has 0 radical (unpaired) electrons. The Bertz CT molecular complexity index is 557. The quantitative estimate of drug-likeness (QED) is 0.894. The number of rotatable bonds is 4. The third-order valence-corrected chi connectivity index (χ3v) is 3.79. The fraction of sp³-hybridized carbons (Fsp3) is 0.467. The van der Waals surface area contributed by atoms with Crippen LogP contribution in [0.15, 0.2) is 30.7 Å². The summed E-state index contributed by atoms with van der Waals surface area (Å²) in [5.74, 6) is 1.86. The number of imidazole rings is 1. The molecule has 1 saturated heterocycles. The van der Waals surface area contributed by atoms with Gasteiger partial charge in [-0.3, -0.25) is 4.57 Å². The second kappa shape index (κ2) is 6.05. The average molecular weight is 271 g/mol. The van der Waals surface area contributed by atoms with Gasteiger partial charge in [-0.25, -0.2) is 9.97 Å². The monoisotopic (exact) mass is 271 g/mol. The summed E-state index contributed by atoms with van der Waals surface area (Å²) in [4.78, 5) is 8.75. The van der Waals surface area contributed by atoms with E-state index in [-0.39, 0.29) is 0 Å². The summed E-state index contributed by atoms with van der Waals surface area (Å²) >= 11 is 0. The van der Waals surface area contributed by atoms with Crippen molar-refractivity contribution in [2.75, 3.05) is 18.4 Å². The maximum absolute atomic E-state index is 4.49. The minimum Gasteiger partial charge on any atom is -0.380 e. The van der Waals surface area contributed by atoms with Crippen molar-refractivity contribution in [3.8, 4) is 5.82 Å². The Morgan fingerprint density at radius 1 is 1.35 bits per heavy atom. The van der Waals surface area contributed by atoms with Gasteiger partial charge in [0.05, 0.1) is 5.69 Å². The zero-order chi connectivity index (χ0) is 13.8. The molecule has 0 aliphatic carbocycles. The highest BCUT2D eigenvalue weighted by Gasteiger charge is 2.13. The van der Waals surface area contributed by atoms with E-state index in [4.69, 9.17) is 0 Å². The number of anilines is 1. The van der Waals surface area contributed by atoms with Gasteiger partial charge in [0.25, 0.3) is 0 Å². The lowest BCUT2D eigenvalue weighted by molar-refractivity contribution is 0.414. The molecule has 1 fully saturated rings. The van der Waals surface area contributed by atoms with Crippen LogP contribution >= 0.6 is 0 Å². The lowest BCUT2D eigenvalue weighted by atomic mass is 10.1. The molecule has 1 atom stereocenters. The van der Waals surface area contributed by atoms with Gasteiger partial charge in [0.2, 0.25) is 0 Å². The number of hydrogen-bond donors (Lipinski definition) is 2. The zero-order valence-corrected chi connectivity index (χ0v) is 11.8. The molecule has 3 rings (SSSR count). The van der Waals surface area contributed by atoms with Crippen LogP contribution in [-0.4, -0.2) is 33.7 Å². The van der Waals surface area contributed by atoms with Crippen LogP contribution < -0.4 is 10.6 Å². The molecule has 2 N–H and O–H groups in total. The van der Waals surface area contributed by atoms with E-state index in [0.29, 0.717) is 6.04 Å². The molecule has 20 heavy (non-hydrogen) atoms. The molecule has 1 aliphatic rings. The standard InChI is InChI=1S/C15H21N5/c1-12-16-9-10-20(12)15-14(6-4-8-18-15)19-11-13-5-2-3-7-17-13/h4,6,8-10,13,17,19H,2-3,5,7,11H2,1H3. The van der Waals surface area contributed by atoms with Gasteiger partial charge < -0.3 is 10.6 Å². The number of nitrogens with zero attached hydrogens (tertiary/aromatic N) is 3. The van der Waals surface area contributed by atoms with E-state index in [0.717, 1.165) is 30.4 Å². The minimum absolute atomic E-state index is 0.556. The normalized spacial score (nSPS) is 18.9. The largest absolute Gasteiger partial charge is 0.380 e. The van der Waals surface area contributed by atoms with Crippen LogP contribution in [0, 0.1) is 6.92 Å². The maximum atomic E-state index is 4.49. The van der Waals surface area contributed by atoms with Crippen molar-refractivity contribution in [1.82, 2.24) is 19.9 Å². The number of pyridine rings is 1. The lowest BCUT2D eigenvalue weighted by Gasteiger charge is -2.24. The van der Waals surface area contributed by atoms with Crippen molar-refractivity contribution in [3.63, 3.8) is 0 Å². The summed E-state index contributed by atoms with van der Waals surface area (Å²) in [5.41, 5.74) is 1.06. The molecule has 1 unspecified atom stereocenters. The molecule has 5 nitrogen and oxygen atoms in total. The third-order valence-electron chi connectivity index (χ3n) is 3.79. The predicted molar refractivity (Wildman–Crippen MR) is 80.2 cm³/mol. The van der Waals surface area contributed by atoms with Crippen molar-refractivity contribution in [2.24, 2.45) is 0 Å². The molecule has 0 saturated carbocycles. The van der Waals surface area contributed by atoms with Crippen LogP contribution in [0.4, 0.5) is 5.69 Å². The molecule has 5 heteroatoms. The van der Waals surface area contributed by atoms with Crippen LogP contribution in [0.1, 0.15) is 25.1 Å².